The zero-order chi connectivity index (χ0) is 21.7. The van der Waals surface area contributed by atoms with Crippen LogP contribution in [0.15, 0.2) is 30.3 Å². The van der Waals surface area contributed by atoms with E-state index in [0.29, 0.717) is 12.1 Å². The zero-order valence-electron chi connectivity index (χ0n) is 18.6. The van der Waals surface area contributed by atoms with Gasteiger partial charge in [0.15, 0.2) is 5.06 Å². The van der Waals surface area contributed by atoms with Crippen molar-refractivity contribution in [1.29, 1.82) is 0 Å². The molecule has 1 unspecified atom stereocenters. The first-order valence-electron chi connectivity index (χ1n) is 10.9. The lowest BCUT2D eigenvalue weighted by Crippen LogP contribution is -2.51. The minimum Gasteiger partial charge on any atom is -0.537 e. The molecule has 0 radical (unpaired) electrons. The van der Waals surface area contributed by atoms with Crippen LogP contribution in [0.4, 0.5) is 4.39 Å². The van der Waals surface area contributed by atoms with Crippen LogP contribution in [0.5, 0.6) is 5.06 Å². The van der Waals surface area contributed by atoms with E-state index in [0.717, 1.165) is 37.2 Å². The van der Waals surface area contributed by atoms with E-state index in [1.807, 2.05) is 6.07 Å². The summed E-state index contributed by atoms with van der Waals surface area (Å²) in [5.74, 6) is -0.0930. The van der Waals surface area contributed by atoms with E-state index >= 15 is 0 Å². The molecule has 1 aliphatic carbocycles. The number of benzene rings is 1. The van der Waals surface area contributed by atoms with Gasteiger partial charge in [-0.05, 0) is 61.0 Å². The van der Waals surface area contributed by atoms with Crippen LogP contribution < -0.4 is 4.43 Å². The third-order valence-electron chi connectivity index (χ3n) is 7.21. The molecule has 1 aromatic carbocycles. The summed E-state index contributed by atoms with van der Waals surface area (Å²) in [5.41, 5.74) is 0.882. The normalized spacial score (nSPS) is 19.8. The summed E-state index contributed by atoms with van der Waals surface area (Å²) in [5, 5.41) is 1.13. The van der Waals surface area contributed by atoms with Gasteiger partial charge in [0.2, 0.25) is 0 Å². The first kappa shape index (κ1) is 21.7. The average Bonchev–Trinajstić information content (AvgIpc) is 3.43. The highest BCUT2D eigenvalue weighted by Gasteiger charge is 2.52. The molecule has 2 aromatic rings. The molecular formula is C24H32FNO2SSi. The molecular weight excluding hydrogens is 413 g/mol. The van der Waals surface area contributed by atoms with Crippen molar-refractivity contribution in [2.45, 2.75) is 70.2 Å². The first-order valence-corrected chi connectivity index (χ1v) is 14.6. The SMILES string of the molecule is CC(C)(C)[Si](C)(C)Oc1cc2c(s1)CCN(C(C=O)(c1ccccc1F)C1CC1)C2. The molecule has 0 saturated heterocycles. The highest BCUT2D eigenvalue weighted by Crippen LogP contribution is 2.51. The molecule has 1 aromatic heterocycles. The summed E-state index contributed by atoms with van der Waals surface area (Å²) in [4.78, 5) is 16.1. The molecule has 6 heteroatoms. The summed E-state index contributed by atoms with van der Waals surface area (Å²) in [6.07, 6.45) is 3.82. The van der Waals surface area contributed by atoms with Crippen LogP contribution in [-0.2, 0) is 23.3 Å². The Hall–Kier alpha value is -1.50. The van der Waals surface area contributed by atoms with Crippen LogP contribution in [0.3, 0.4) is 0 Å². The minimum atomic E-state index is -1.90. The van der Waals surface area contributed by atoms with Gasteiger partial charge >= 0.3 is 0 Å². The largest absolute Gasteiger partial charge is 0.537 e. The lowest BCUT2D eigenvalue weighted by atomic mass is 9.82. The van der Waals surface area contributed by atoms with Crippen molar-refractivity contribution in [2.24, 2.45) is 5.92 Å². The van der Waals surface area contributed by atoms with Gasteiger partial charge in [0.25, 0.3) is 8.32 Å². The fraction of sp³-hybridized carbons (Fsp3) is 0.542. The van der Waals surface area contributed by atoms with Crippen LogP contribution in [-0.4, -0.2) is 26.0 Å². The number of aldehydes is 1. The number of fused-ring (bicyclic) bond motifs is 1. The van der Waals surface area contributed by atoms with Gasteiger partial charge in [0, 0.05) is 23.5 Å². The maximum atomic E-state index is 14.8. The molecule has 0 bridgehead atoms. The van der Waals surface area contributed by atoms with Crippen LogP contribution in [0.1, 0.15) is 49.6 Å². The lowest BCUT2D eigenvalue weighted by molar-refractivity contribution is -0.122. The van der Waals surface area contributed by atoms with Gasteiger partial charge in [-0.15, -0.1) is 11.3 Å². The van der Waals surface area contributed by atoms with Crippen LogP contribution in [0, 0.1) is 11.7 Å². The highest BCUT2D eigenvalue weighted by atomic mass is 32.1. The quantitative estimate of drug-likeness (QED) is 0.395. The third-order valence-corrected chi connectivity index (χ3v) is 12.8. The van der Waals surface area contributed by atoms with Crippen molar-refractivity contribution in [3.05, 3.63) is 52.2 Å². The Kier molecular flexibility index (Phi) is 5.48. The Bertz CT molecular complexity index is 947. The van der Waals surface area contributed by atoms with Crippen molar-refractivity contribution < 1.29 is 13.6 Å². The predicted octanol–water partition coefficient (Wildman–Crippen LogP) is 6.13. The van der Waals surface area contributed by atoms with Gasteiger partial charge in [-0.2, -0.15) is 0 Å². The number of carbonyl (C=O) groups excluding carboxylic acids is 1. The molecule has 3 nitrogen and oxygen atoms in total. The number of rotatable bonds is 6. The number of nitrogens with zero attached hydrogens (tertiary/aromatic N) is 1. The second-order valence-corrected chi connectivity index (χ2v) is 16.1. The molecule has 2 aliphatic rings. The van der Waals surface area contributed by atoms with Crippen molar-refractivity contribution in [3.8, 4) is 5.06 Å². The van der Waals surface area contributed by atoms with E-state index in [1.165, 1.54) is 16.5 Å². The summed E-state index contributed by atoms with van der Waals surface area (Å²) >= 11 is 1.74. The van der Waals surface area contributed by atoms with E-state index in [2.05, 4.69) is 44.8 Å². The number of hydrogen-bond acceptors (Lipinski definition) is 4. The maximum Gasteiger partial charge on any atom is 0.251 e. The van der Waals surface area contributed by atoms with Gasteiger partial charge in [-0.25, -0.2) is 4.39 Å². The van der Waals surface area contributed by atoms with E-state index in [1.54, 1.807) is 23.5 Å². The smallest absolute Gasteiger partial charge is 0.251 e. The second kappa shape index (κ2) is 7.57. The molecule has 162 valence electrons. The zero-order valence-corrected chi connectivity index (χ0v) is 20.4. The van der Waals surface area contributed by atoms with Gasteiger partial charge in [0.1, 0.15) is 17.6 Å². The first-order chi connectivity index (χ1) is 14.1. The molecule has 0 amide bonds. The Morgan fingerprint density at radius 2 is 1.93 bits per heavy atom. The number of carbonyl (C=O) groups is 1. The summed E-state index contributed by atoms with van der Waals surface area (Å²) in [6.45, 7) is 12.7. The lowest BCUT2D eigenvalue weighted by Gasteiger charge is -2.43. The van der Waals surface area contributed by atoms with E-state index in [9.17, 15) is 9.18 Å². The summed E-state index contributed by atoms with van der Waals surface area (Å²) in [6, 6.07) is 8.96. The minimum absolute atomic E-state index is 0.146. The Morgan fingerprint density at radius 1 is 1.23 bits per heavy atom. The molecule has 30 heavy (non-hydrogen) atoms. The fourth-order valence-corrected chi connectivity index (χ4v) is 6.82. The van der Waals surface area contributed by atoms with Crippen molar-refractivity contribution >= 4 is 25.9 Å². The summed E-state index contributed by atoms with van der Waals surface area (Å²) < 4.78 is 21.4. The van der Waals surface area contributed by atoms with Gasteiger partial charge in [-0.3, -0.25) is 4.90 Å². The predicted molar refractivity (Wildman–Crippen MR) is 123 cm³/mol. The standard InChI is InChI=1S/C24H32FNO2SSi/c1-23(2,3)30(4,5)28-22-14-17-15-26(13-12-21(17)29-22)24(16-27,18-10-11-18)19-8-6-7-9-20(19)25/h6-9,14,16,18H,10-13,15H2,1-5H3. The van der Waals surface area contributed by atoms with Gasteiger partial charge < -0.3 is 9.22 Å². The number of thiophene rings is 1. The topological polar surface area (TPSA) is 29.5 Å². The van der Waals surface area contributed by atoms with E-state index in [4.69, 9.17) is 4.43 Å². The monoisotopic (exact) mass is 445 g/mol. The van der Waals surface area contributed by atoms with Gasteiger partial charge in [0.05, 0.1) is 0 Å². The Labute approximate surface area is 184 Å². The average molecular weight is 446 g/mol. The second-order valence-electron chi connectivity index (χ2n) is 10.2. The third kappa shape index (κ3) is 3.67. The molecule has 1 fully saturated rings. The molecule has 0 N–H and O–H groups in total. The Balaban J connectivity index is 1.64. The molecule has 1 saturated carbocycles. The molecule has 1 aliphatic heterocycles. The Morgan fingerprint density at radius 3 is 2.53 bits per heavy atom. The van der Waals surface area contributed by atoms with Crippen molar-refractivity contribution in [1.82, 2.24) is 4.90 Å². The highest BCUT2D eigenvalue weighted by molar-refractivity contribution is 7.14. The molecule has 1 atom stereocenters. The van der Waals surface area contributed by atoms with Crippen LogP contribution >= 0.6 is 11.3 Å². The molecule has 2 heterocycles. The van der Waals surface area contributed by atoms with Crippen LogP contribution in [0.2, 0.25) is 18.1 Å². The summed E-state index contributed by atoms with van der Waals surface area (Å²) in [7, 11) is -1.90. The molecule has 4 rings (SSSR count). The van der Waals surface area contributed by atoms with E-state index < -0.39 is 13.9 Å². The van der Waals surface area contributed by atoms with Crippen molar-refractivity contribution in [2.75, 3.05) is 6.54 Å². The fourth-order valence-electron chi connectivity index (χ4n) is 4.27. The number of halogens is 1. The molecule has 0 spiro atoms. The van der Waals surface area contributed by atoms with Gasteiger partial charge in [-0.1, -0.05) is 39.0 Å². The maximum absolute atomic E-state index is 14.8. The van der Waals surface area contributed by atoms with E-state index in [-0.39, 0.29) is 16.8 Å². The number of hydrogen-bond donors (Lipinski definition) is 0. The van der Waals surface area contributed by atoms with Crippen LogP contribution in [0.25, 0.3) is 0 Å². The van der Waals surface area contributed by atoms with Crippen molar-refractivity contribution in [3.63, 3.8) is 0 Å².